The molecular weight excluding hydrogens is 254 g/mol. The Hall–Kier alpha value is -2.54. The number of nitrogens with one attached hydrogen (secondary N) is 1. The zero-order valence-electron chi connectivity index (χ0n) is 12.1. The lowest BCUT2D eigenvalue weighted by molar-refractivity contribution is 1.54. The smallest absolute Gasteiger partial charge is 0.0713 e. The van der Waals surface area contributed by atoms with Crippen LogP contribution in [0.4, 0.5) is 11.4 Å². The van der Waals surface area contributed by atoms with E-state index >= 15 is 0 Å². The normalized spacial score (nSPS) is 12.7. The van der Waals surface area contributed by atoms with Gasteiger partial charge in [-0.15, -0.1) is 0 Å². The van der Waals surface area contributed by atoms with Crippen molar-refractivity contribution in [3.63, 3.8) is 0 Å². The fourth-order valence-corrected chi connectivity index (χ4v) is 3.83. The molecule has 100 valence electrons. The van der Waals surface area contributed by atoms with E-state index in [1.165, 1.54) is 54.8 Å². The van der Waals surface area contributed by atoms with E-state index in [1.54, 1.807) is 0 Å². The maximum absolute atomic E-state index is 3.51. The largest absolute Gasteiger partial charge is 0.351 e. The SMILES string of the molecule is Cc1c2ccccc2c(C)c2c1c1c(c3ccccc32)N1. The molecule has 1 heterocycles. The first-order valence-electron chi connectivity index (χ1n) is 7.40. The van der Waals surface area contributed by atoms with Crippen LogP contribution in [-0.4, -0.2) is 0 Å². The molecule has 21 heavy (non-hydrogen) atoms. The lowest BCUT2D eigenvalue weighted by Crippen LogP contribution is -1.88. The summed E-state index contributed by atoms with van der Waals surface area (Å²) in [5, 5.41) is 11.8. The summed E-state index contributed by atoms with van der Waals surface area (Å²) < 4.78 is 0. The van der Waals surface area contributed by atoms with Crippen molar-refractivity contribution >= 4 is 43.7 Å². The standard InChI is InChI=1S/C20H15N/c1-11-13-7-3-4-8-14(13)12(2)18-17(11)15-9-5-6-10-16(15)19-20(18)21-19/h3-10,21H,1-2H3. The third-order valence-electron chi connectivity index (χ3n) is 4.89. The van der Waals surface area contributed by atoms with Crippen molar-refractivity contribution in [2.75, 3.05) is 5.32 Å². The van der Waals surface area contributed by atoms with E-state index in [4.69, 9.17) is 0 Å². The molecule has 4 aromatic carbocycles. The van der Waals surface area contributed by atoms with Gasteiger partial charge in [-0.25, -0.2) is 0 Å². The number of aryl methyl sites for hydroxylation is 2. The minimum absolute atomic E-state index is 1.32. The molecule has 0 spiro atoms. The Morgan fingerprint density at radius 3 is 1.76 bits per heavy atom. The minimum Gasteiger partial charge on any atom is -0.351 e. The number of hydrogen-bond donors (Lipinski definition) is 1. The van der Waals surface area contributed by atoms with E-state index in [9.17, 15) is 0 Å². The van der Waals surface area contributed by atoms with Crippen LogP contribution in [0.25, 0.3) is 32.3 Å². The summed E-state index contributed by atoms with van der Waals surface area (Å²) >= 11 is 0. The Morgan fingerprint density at radius 2 is 1.10 bits per heavy atom. The van der Waals surface area contributed by atoms with Crippen LogP contribution in [0.2, 0.25) is 0 Å². The highest BCUT2D eigenvalue weighted by Gasteiger charge is 2.26. The lowest BCUT2D eigenvalue weighted by Gasteiger charge is -2.13. The van der Waals surface area contributed by atoms with Gasteiger partial charge in [0.25, 0.3) is 0 Å². The molecule has 4 aromatic rings. The van der Waals surface area contributed by atoms with Crippen LogP contribution in [0.1, 0.15) is 11.1 Å². The number of anilines is 2. The van der Waals surface area contributed by atoms with E-state index in [-0.39, 0.29) is 0 Å². The van der Waals surface area contributed by atoms with Gasteiger partial charge in [0.15, 0.2) is 0 Å². The van der Waals surface area contributed by atoms with Crippen molar-refractivity contribution in [2.45, 2.75) is 13.8 Å². The highest BCUT2D eigenvalue weighted by Crippen LogP contribution is 2.53. The molecule has 0 atom stereocenters. The summed E-state index contributed by atoms with van der Waals surface area (Å²) in [6.07, 6.45) is 0. The van der Waals surface area contributed by atoms with Gasteiger partial charge in [-0.05, 0) is 46.5 Å². The van der Waals surface area contributed by atoms with Crippen LogP contribution in [0.3, 0.4) is 0 Å². The molecule has 1 nitrogen and oxygen atoms in total. The quantitative estimate of drug-likeness (QED) is 0.213. The summed E-state index contributed by atoms with van der Waals surface area (Å²) in [7, 11) is 0. The molecule has 1 heteroatoms. The van der Waals surface area contributed by atoms with Crippen LogP contribution in [0.5, 0.6) is 0 Å². The highest BCUT2D eigenvalue weighted by molar-refractivity contribution is 6.31. The molecule has 0 radical (unpaired) electrons. The Morgan fingerprint density at radius 1 is 0.571 bits per heavy atom. The summed E-state index contributed by atoms with van der Waals surface area (Å²) in [5.74, 6) is 0. The molecule has 0 saturated heterocycles. The van der Waals surface area contributed by atoms with Gasteiger partial charge in [0, 0.05) is 10.8 Å². The van der Waals surface area contributed by atoms with Crippen molar-refractivity contribution in [3.05, 3.63) is 59.7 Å². The van der Waals surface area contributed by atoms with Gasteiger partial charge >= 0.3 is 0 Å². The Balaban J connectivity index is 2.19. The molecule has 1 N–H and O–H groups in total. The maximum Gasteiger partial charge on any atom is 0.0713 e. The maximum atomic E-state index is 3.51. The van der Waals surface area contributed by atoms with Gasteiger partial charge in [-0.3, -0.25) is 0 Å². The molecule has 0 unspecified atom stereocenters. The number of hydrogen-bond acceptors (Lipinski definition) is 1. The average Bonchev–Trinajstić information content (AvgIpc) is 3.32. The second-order valence-electron chi connectivity index (χ2n) is 5.97. The Labute approximate surface area is 123 Å². The van der Waals surface area contributed by atoms with Crippen molar-refractivity contribution in [3.8, 4) is 0 Å². The second-order valence-corrected chi connectivity index (χ2v) is 5.97. The van der Waals surface area contributed by atoms with Crippen molar-refractivity contribution in [1.29, 1.82) is 0 Å². The molecule has 0 saturated carbocycles. The Bertz CT molecular complexity index is 1070. The molecule has 0 bridgehead atoms. The summed E-state index contributed by atoms with van der Waals surface area (Å²) in [6, 6.07) is 17.5. The van der Waals surface area contributed by atoms with Crippen LogP contribution < -0.4 is 5.32 Å². The van der Waals surface area contributed by atoms with Crippen LogP contribution in [0.15, 0.2) is 48.5 Å². The zero-order chi connectivity index (χ0) is 14.1. The summed E-state index contributed by atoms with van der Waals surface area (Å²) in [5.41, 5.74) is 5.42. The van der Waals surface area contributed by atoms with Crippen LogP contribution in [-0.2, 0) is 0 Å². The topological polar surface area (TPSA) is 21.9 Å². The molecule has 0 fully saturated rings. The number of fused-ring (bicyclic) bond motifs is 7. The van der Waals surface area contributed by atoms with Gasteiger partial charge in [-0.1, -0.05) is 48.5 Å². The third-order valence-corrected chi connectivity index (χ3v) is 4.89. The fraction of sp³-hybridized carbons (Fsp3) is 0.100. The fourth-order valence-electron chi connectivity index (χ4n) is 3.83. The van der Waals surface area contributed by atoms with Crippen molar-refractivity contribution in [2.24, 2.45) is 0 Å². The number of benzene rings is 4. The monoisotopic (exact) mass is 269 g/mol. The van der Waals surface area contributed by atoms with Gasteiger partial charge in [0.1, 0.15) is 0 Å². The first kappa shape index (κ1) is 11.2. The predicted octanol–water partition coefficient (Wildman–Crippen LogP) is 5.82. The van der Waals surface area contributed by atoms with E-state index in [0.717, 1.165) is 0 Å². The van der Waals surface area contributed by atoms with E-state index in [1.807, 2.05) is 0 Å². The van der Waals surface area contributed by atoms with E-state index in [0.29, 0.717) is 0 Å². The molecule has 5 rings (SSSR count). The minimum atomic E-state index is 1.32. The number of rotatable bonds is 0. The van der Waals surface area contributed by atoms with E-state index in [2.05, 4.69) is 67.7 Å². The van der Waals surface area contributed by atoms with Gasteiger partial charge < -0.3 is 5.32 Å². The Kier molecular flexibility index (Phi) is 1.89. The van der Waals surface area contributed by atoms with Crippen molar-refractivity contribution < 1.29 is 0 Å². The molecule has 1 aliphatic rings. The van der Waals surface area contributed by atoms with Crippen LogP contribution >= 0.6 is 0 Å². The summed E-state index contributed by atoms with van der Waals surface area (Å²) in [4.78, 5) is 0. The first-order chi connectivity index (χ1) is 10.3. The third kappa shape index (κ3) is 1.26. The molecule has 0 aliphatic carbocycles. The van der Waals surface area contributed by atoms with Gasteiger partial charge in [-0.2, -0.15) is 0 Å². The molecular formula is C20H15N. The molecule has 1 aliphatic heterocycles. The average molecular weight is 269 g/mol. The van der Waals surface area contributed by atoms with Gasteiger partial charge in [0.2, 0.25) is 0 Å². The predicted molar refractivity (Wildman–Crippen MR) is 91.7 cm³/mol. The van der Waals surface area contributed by atoms with E-state index < -0.39 is 0 Å². The lowest BCUT2D eigenvalue weighted by atomic mass is 9.90. The first-order valence-corrected chi connectivity index (χ1v) is 7.40. The van der Waals surface area contributed by atoms with Gasteiger partial charge in [0.05, 0.1) is 11.4 Å². The van der Waals surface area contributed by atoms with Crippen molar-refractivity contribution in [1.82, 2.24) is 0 Å². The molecule has 0 aromatic heterocycles. The highest BCUT2D eigenvalue weighted by atomic mass is 15.0. The molecule has 0 amide bonds. The second kappa shape index (κ2) is 3.56. The summed E-state index contributed by atoms with van der Waals surface area (Å²) in [6.45, 7) is 4.50. The zero-order valence-corrected chi connectivity index (χ0v) is 12.1. The van der Waals surface area contributed by atoms with Crippen LogP contribution in [0, 0.1) is 13.8 Å².